The van der Waals surface area contributed by atoms with Crippen LogP contribution in [0.3, 0.4) is 0 Å². The third kappa shape index (κ3) is 3.67. The third-order valence-corrected chi connectivity index (χ3v) is 3.54. The summed E-state index contributed by atoms with van der Waals surface area (Å²) in [7, 11) is 4.04. The fourth-order valence-corrected chi connectivity index (χ4v) is 2.55. The van der Waals surface area contributed by atoms with Crippen molar-refractivity contribution >= 4 is 0 Å². The van der Waals surface area contributed by atoms with Gasteiger partial charge in [0.15, 0.2) is 0 Å². The number of benzene rings is 1. The number of hydrogen-bond acceptors (Lipinski definition) is 2. The van der Waals surface area contributed by atoms with Crippen molar-refractivity contribution in [3.8, 4) is 0 Å². The smallest absolute Gasteiger partial charge is 0.0597 e. The first-order valence-electron chi connectivity index (χ1n) is 6.92. The lowest BCUT2D eigenvalue weighted by atomic mass is 10.0. The summed E-state index contributed by atoms with van der Waals surface area (Å²) >= 11 is 0. The van der Waals surface area contributed by atoms with E-state index in [1.54, 1.807) is 0 Å². The van der Waals surface area contributed by atoms with E-state index in [0.717, 1.165) is 18.5 Å². The molecule has 1 aromatic heterocycles. The number of aromatic nitrogens is 2. The molecule has 0 saturated heterocycles. The molecular formula is C16H23N3. The fourth-order valence-electron chi connectivity index (χ4n) is 2.55. The second-order valence-corrected chi connectivity index (χ2v) is 5.05. The molecule has 0 bridgehead atoms. The van der Waals surface area contributed by atoms with Gasteiger partial charge in [0, 0.05) is 13.1 Å². The molecule has 1 atom stereocenters. The minimum Gasteiger partial charge on any atom is -0.312 e. The van der Waals surface area contributed by atoms with Crippen LogP contribution in [0.5, 0.6) is 0 Å². The lowest BCUT2D eigenvalue weighted by molar-refractivity contribution is 0.490. The predicted molar refractivity (Wildman–Crippen MR) is 79.1 cm³/mol. The average Bonchev–Trinajstić information content (AvgIpc) is 2.75. The Morgan fingerprint density at radius 1 is 1.26 bits per heavy atom. The molecular weight excluding hydrogens is 234 g/mol. The first-order chi connectivity index (χ1) is 9.20. The zero-order valence-corrected chi connectivity index (χ0v) is 12.1. The highest BCUT2D eigenvalue weighted by Crippen LogP contribution is 2.19. The quantitative estimate of drug-likeness (QED) is 0.862. The van der Waals surface area contributed by atoms with E-state index in [1.807, 2.05) is 25.7 Å². The van der Waals surface area contributed by atoms with Crippen LogP contribution >= 0.6 is 0 Å². The molecule has 1 unspecified atom stereocenters. The standard InChI is InChI=1S/C16H23N3/c1-13-12-16(19(3)18-13)15(17-2)11-7-10-14-8-5-4-6-9-14/h4-6,8-9,12,15,17H,7,10-11H2,1-3H3. The SMILES string of the molecule is CNC(CCCc1ccccc1)c1cc(C)nn1C. The minimum absolute atomic E-state index is 0.384. The summed E-state index contributed by atoms with van der Waals surface area (Å²) in [5.74, 6) is 0. The zero-order valence-electron chi connectivity index (χ0n) is 12.1. The summed E-state index contributed by atoms with van der Waals surface area (Å²) in [4.78, 5) is 0. The van der Waals surface area contributed by atoms with Crippen LogP contribution in [0.15, 0.2) is 36.4 Å². The summed E-state index contributed by atoms with van der Waals surface area (Å²) in [5, 5.41) is 7.82. The van der Waals surface area contributed by atoms with Crippen molar-refractivity contribution in [2.45, 2.75) is 32.2 Å². The predicted octanol–water partition coefficient (Wildman–Crippen LogP) is 3.01. The molecule has 0 aliphatic heterocycles. The molecule has 3 nitrogen and oxygen atoms in total. The van der Waals surface area contributed by atoms with Crippen molar-refractivity contribution in [1.29, 1.82) is 0 Å². The first-order valence-corrected chi connectivity index (χ1v) is 6.92. The van der Waals surface area contributed by atoms with Crippen molar-refractivity contribution in [2.24, 2.45) is 7.05 Å². The van der Waals surface area contributed by atoms with Gasteiger partial charge < -0.3 is 5.32 Å². The van der Waals surface area contributed by atoms with E-state index in [-0.39, 0.29) is 0 Å². The molecule has 102 valence electrons. The highest BCUT2D eigenvalue weighted by Gasteiger charge is 2.13. The maximum atomic E-state index is 4.42. The summed E-state index contributed by atoms with van der Waals surface area (Å²) in [5.41, 5.74) is 3.77. The maximum Gasteiger partial charge on any atom is 0.0597 e. The molecule has 3 heteroatoms. The average molecular weight is 257 g/mol. The van der Waals surface area contributed by atoms with Crippen LogP contribution in [0.2, 0.25) is 0 Å². The lowest BCUT2D eigenvalue weighted by Crippen LogP contribution is -2.19. The molecule has 1 aromatic carbocycles. The maximum absolute atomic E-state index is 4.42. The fraction of sp³-hybridized carbons (Fsp3) is 0.438. The molecule has 1 heterocycles. The van der Waals surface area contributed by atoms with Gasteiger partial charge in [-0.1, -0.05) is 30.3 Å². The van der Waals surface area contributed by atoms with Crippen LogP contribution in [0.1, 0.15) is 35.8 Å². The Kier molecular flexibility index (Phi) is 4.74. The molecule has 0 aliphatic carbocycles. The molecule has 0 radical (unpaired) electrons. The van der Waals surface area contributed by atoms with E-state index in [1.165, 1.54) is 17.7 Å². The number of hydrogen-bond donors (Lipinski definition) is 1. The Morgan fingerprint density at radius 3 is 2.58 bits per heavy atom. The van der Waals surface area contributed by atoms with Crippen molar-refractivity contribution in [2.75, 3.05) is 7.05 Å². The number of nitrogens with zero attached hydrogens (tertiary/aromatic N) is 2. The van der Waals surface area contributed by atoms with Gasteiger partial charge >= 0.3 is 0 Å². The molecule has 2 rings (SSSR count). The third-order valence-electron chi connectivity index (χ3n) is 3.54. The van der Waals surface area contributed by atoms with Gasteiger partial charge in [0.05, 0.1) is 11.4 Å². The van der Waals surface area contributed by atoms with E-state index in [0.29, 0.717) is 6.04 Å². The summed E-state index contributed by atoms with van der Waals surface area (Å²) < 4.78 is 1.99. The van der Waals surface area contributed by atoms with Crippen molar-refractivity contribution < 1.29 is 0 Å². The Labute approximate surface area is 115 Å². The van der Waals surface area contributed by atoms with Crippen LogP contribution in [0.25, 0.3) is 0 Å². The molecule has 1 N–H and O–H groups in total. The van der Waals surface area contributed by atoms with E-state index < -0.39 is 0 Å². The van der Waals surface area contributed by atoms with Crippen LogP contribution in [0.4, 0.5) is 0 Å². The molecule has 2 aromatic rings. The Morgan fingerprint density at radius 2 is 2.00 bits per heavy atom. The molecule has 0 fully saturated rings. The van der Waals surface area contributed by atoms with Gasteiger partial charge in [0.2, 0.25) is 0 Å². The highest BCUT2D eigenvalue weighted by molar-refractivity contribution is 5.15. The van der Waals surface area contributed by atoms with Crippen LogP contribution in [0, 0.1) is 6.92 Å². The molecule has 0 amide bonds. The van der Waals surface area contributed by atoms with Crippen molar-refractivity contribution in [3.63, 3.8) is 0 Å². The first kappa shape index (κ1) is 13.8. The van der Waals surface area contributed by atoms with Crippen molar-refractivity contribution in [1.82, 2.24) is 15.1 Å². The van der Waals surface area contributed by atoms with Gasteiger partial charge in [-0.25, -0.2) is 0 Å². The number of nitrogens with one attached hydrogen (secondary N) is 1. The monoisotopic (exact) mass is 257 g/mol. The Hall–Kier alpha value is -1.61. The van der Waals surface area contributed by atoms with Gasteiger partial charge in [-0.2, -0.15) is 5.10 Å². The van der Waals surface area contributed by atoms with Gasteiger partial charge in [0.25, 0.3) is 0 Å². The minimum atomic E-state index is 0.384. The topological polar surface area (TPSA) is 29.9 Å². The largest absolute Gasteiger partial charge is 0.312 e. The second kappa shape index (κ2) is 6.53. The van der Waals surface area contributed by atoms with Crippen LogP contribution in [-0.4, -0.2) is 16.8 Å². The van der Waals surface area contributed by atoms with Gasteiger partial charge in [-0.3, -0.25) is 4.68 Å². The highest BCUT2D eigenvalue weighted by atomic mass is 15.3. The van der Waals surface area contributed by atoms with Gasteiger partial charge in [0.1, 0.15) is 0 Å². The summed E-state index contributed by atoms with van der Waals surface area (Å²) in [6.45, 7) is 2.04. The Balaban J connectivity index is 1.91. The number of aryl methyl sites for hydroxylation is 3. The molecule has 0 aliphatic rings. The second-order valence-electron chi connectivity index (χ2n) is 5.05. The summed E-state index contributed by atoms with van der Waals surface area (Å²) in [6.07, 6.45) is 3.44. The van der Waals surface area contributed by atoms with E-state index in [4.69, 9.17) is 0 Å². The van der Waals surface area contributed by atoms with Crippen LogP contribution in [-0.2, 0) is 13.5 Å². The van der Waals surface area contributed by atoms with Crippen LogP contribution < -0.4 is 5.32 Å². The normalized spacial score (nSPS) is 12.6. The van der Waals surface area contributed by atoms with E-state index in [2.05, 4.69) is 46.8 Å². The zero-order chi connectivity index (χ0) is 13.7. The number of rotatable bonds is 6. The Bertz CT molecular complexity index is 502. The van der Waals surface area contributed by atoms with E-state index >= 15 is 0 Å². The molecule has 0 saturated carbocycles. The summed E-state index contributed by atoms with van der Waals surface area (Å²) in [6, 6.07) is 13.2. The molecule has 0 spiro atoms. The molecule has 19 heavy (non-hydrogen) atoms. The van der Waals surface area contributed by atoms with Gasteiger partial charge in [-0.15, -0.1) is 0 Å². The lowest BCUT2D eigenvalue weighted by Gasteiger charge is -2.16. The van der Waals surface area contributed by atoms with Crippen molar-refractivity contribution in [3.05, 3.63) is 53.3 Å². The van der Waals surface area contributed by atoms with Gasteiger partial charge in [-0.05, 0) is 44.9 Å². The van der Waals surface area contributed by atoms with E-state index in [9.17, 15) is 0 Å².